The Balaban J connectivity index is 2.06. The molecule has 0 aromatic carbocycles. The summed E-state index contributed by atoms with van der Waals surface area (Å²) in [6.45, 7) is 2.38. The molecule has 0 aliphatic carbocycles. The van der Waals surface area contributed by atoms with E-state index in [-0.39, 0.29) is 17.5 Å². The molecule has 1 aliphatic rings. The van der Waals surface area contributed by atoms with Crippen LogP contribution in [0.4, 0.5) is 5.82 Å². The molecule has 92 valence electrons. The summed E-state index contributed by atoms with van der Waals surface area (Å²) in [5, 5.41) is 3.19. The number of amides is 1. The highest BCUT2D eigenvalue weighted by Crippen LogP contribution is 2.13. The molecule has 0 saturated carbocycles. The normalized spacial score (nSPS) is 20.5. The third-order valence-electron chi connectivity index (χ3n) is 2.84. The summed E-state index contributed by atoms with van der Waals surface area (Å²) in [5.41, 5.74) is -0.166. The number of piperidine rings is 1. The van der Waals surface area contributed by atoms with E-state index in [1.807, 2.05) is 0 Å². The number of hydrogen-bond acceptors (Lipinski definition) is 4. The predicted molar refractivity (Wildman–Crippen MR) is 63.9 cm³/mol. The van der Waals surface area contributed by atoms with Crippen LogP contribution in [0.1, 0.15) is 18.7 Å². The zero-order chi connectivity index (χ0) is 12.4. The Labute approximate surface area is 99.1 Å². The lowest BCUT2D eigenvalue weighted by molar-refractivity contribution is -0.132. The van der Waals surface area contributed by atoms with Crippen LogP contribution < -0.4 is 10.9 Å². The summed E-state index contributed by atoms with van der Waals surface area (Å²) in [6, 6.07) is 1.59. The Morgan fingerprint density at radius 2 is 2.29 bits per heavy atom. The van der Waals surface area contributed by atoms with Crippen LogP contribution in [0.3, 0.4) is 0 Å². The third kappa shape index (κ3) is 2.83. The van der Waals surface area contributed by atoms with Crippen LogP contribution in [0.15, 0.2) is 10.9 Å². The van der Waals surface area contributed by atoms with Gasteiger partial charge in [-0.15, -0.1) is 0 Å². The van der Waals surface area contributed by atoms with E-state index in [1.165, 1.54) is 6.07 Å². The fourth-order valence-corrected chi connectivity index (χ4v) is 1.99. The molecule has 1 amide bonds. The van der Waals surface area contributed by atoms with Gasteiger partial charge in [0.25, 0.3) is 5.56 Å². The highest BCUT2D eigenvalue weighted by molar-refractivity contribution is 5.76. The minimum absolute atomic E-state index is 0.159. The predicted octanol–water partition coefficient (Wildman–Crippen LogP) is 0.111. The zero-order valence-corrected chi connectivity index (χ0v) is 9.99. The van der Waals surface area contributed by atoms with E-state index in [0.717, 1.165) is 6.42 Å². The lowest BCUT2D eigenvalue weighted by Crippen LogP contribution is -2.43. The molecule has 2 heterocycles. The number of anilines is 1. The van der Waals surface area contributed by atoms with Gasteiger partial charge in [0.15, 0.2) is 0 Å². The number of carbonyl (C=O) groups is 1. The van der Waals surface area contributed by atoms with Crippen molar-refractivity contribution >= 4 is 11.7 Å². The van der Waals surface area contributed by atoms with Gasteiger partial charge in [0.1, 0.15) is 11.6 Å². The van der Waals surface area contributed by atoms with Gasteiger partial charge in [-0.1, -0.05) is 0 Å². The maximum atomic E-state index is 11.3. The van der Waals surface area contributed by atoms with Crippen molar-refractivity contribution < 1.29 is 4.79 Å². The summed E-state index contributed by atoms with van der Waals surface area (Å²) in [5.74, 6) is 1.32. The molecular weight excluding hydrogens is 220 g/mol. The van der Waals surface area contributed by atoms with E-state index in [0.29, 0.717) is 24.6 Å². The van der Waals surface area contributed by atoms with E-state index >= 15 is 0 Å². The number of nitrogens with one attached hydrogen (secondary N) is 2. The average molecular weight is 236 g/mol. The van der Waals surface area contributed by atoms with Crippen molar-refractivity contribution in [2.45, 2.75) is 25.8 Å². The van der Waals surface area contributed by atoms with Crippen molar-refractivity contribution in [1.29, 1.82) is 0 Å². The first kappa shape index (κ1) is 11.6. The Kier molecular flexibility index (Phi) is 3.12. The van der Waals surface area contributed by atoms with Crippen LogP contribution in [-0.2, 0) is 4.79 Å². The number of nitrogens with zero attached hydrogens (tertiary/aromatic N) is 2. The van der Waals surface area contributed by atoms with Gasteiger partial charge >= 0.3 is 0 Å². The first-order chi connectivity index (χ1) is 8.04. The summed E-state index contributed by atoms with van der Waals surface area (Å²) in [7, 11) is 1.78. The van der Waals surface area contributed by atoms with Gasteiger partial charge < -0.3 is 15.2 Å². The summed E-state index contributed by atoms with van der Waals surface area (Å²) in [6.07, 6.45) is 1.31. The molecular formula is C11H16N4O2. The number of H-pyrrole nitrogens is 1. The van der Waals surface area contributed by atoms with Gasteiger partial charge in [-0.25, -0.2) is 4.98 Å². The van der Waals surface area contributed by atoms with Gasteiger partial charge in [-0.2, -0.15) is 0 Å². The zero-order valence-electron chi connectivity index (χ0n) is 9.99. The van der Waals surface area contributed by atoms with Crippen LogP contribution in [-0.4, -0.2) is 40.4 Å². The molecule has 0 bridgehead atoms. The molecule has 0 radical (unpaired) electrons. The van der Waals surface area contributed by atoms with Gasteiger partial charge in [0, 0.05) is 32.1 Å². The van der Waals surface area contributed by atoms with Crippen LogP contribution >= 0.6 is 0 Å². The second-order valence-corrected chi connectivity index (χ2v) is 4.37. The minimum atomic E-state index is -0.166. The molecule has 1 unspecified atom stereocenters. The van der Waals surface area contributed by atoms with E-state index in [2.05, 4.69) is 15.3 Å². The quantitative estimate of drug-likeness (QED) is 0.764. The second kappa shape index (κ2) is 4.57. The Morgan fingerprint density at radius 1 is 1.53 bits per heavy atom. The largest absolute Gasteiger partial charge is 0.365 e. The molecule has 1 fully saturated rings. The smallest absolute Gasteiger partial charge is 0.252 e. The van der Waals surface area contributed by atoms with Gasteiger partial charge in [0.05, 0.1) is 0 Å². The topological polar surface area (TPSA) is 78.1 Å². The Hall–Kier alpha value is -1.85. The van der Waals surface area contributed by atoms with Crippen molar-refractivity contribution in [3.8, 4) is 0 Å². The monoisotopic (exact) mass is 236 g/mol. The SMILES string of the molecule is Cc1nc(NC2CCC(=O)N(C)C2)cc(=O)[nH]1. The molecule has 6 heteroatoms. The Morgan fingerprint density at radius 3 is 2.94 bits per heavy atom. The fourth-order valence-electron chi connectivity index (χ4n) is 1.99. The van der Waals surface area contributed by atoms with Crippen LogP contribution in [0.2, 0.25) is 0 Å². The minimum Gasteiger partial charge on any atom is -0.365 e. The van der Waals surface area contributed by atoms with Crippen molar-refractivity contribution in [3.63, 3.8) is 0 Å². The van der Waals surface area contributed by atoms with Crippen molar-refractivity contribution in [2.24, 2.45) is 0 Å². The molecule has 1 aromatic rings. The lowest BCUT2D eigenvalue weighted by Gasteiger charge is -2.30. The molecule has 1 atom stereocenters. The first-order valence-electron chi connectivity index (χ1n) is 5.63. The number of carbonyl (C=O) groups excluding carboxylic acids is 1. The number of likely N-dealkylation sites (N-methyl/N-ethyl adjacent to an activating group) is 1. The number of hydrogen-bond donors (Lipinski definition) is 2. The van der Waals surface area contributed by atoms with Gasteiger partial charge in [0.2, 0.25) is 5.91 Å². The van der Waals surface area contributed by atoms with Gasteiger partial charge in [-0.3, -0.25) is 9.59 Å². The van der Waals surface area contributed by atoms with Crippen LogP contribution in [0, 0.1) is 6.92 Å². The number of rotatable bonds is 2. The van der Waals surface area contributed by atoms with E-state index in [9.17, 15) is 9.59 Å². The molecule has 17 heavy (non-hydrogen) atoms. The van der Waals surface area contributed by atoms with E-state index < -0.39 is 0 Å². The molecule has 6 nitrogen and oxygen atoms in total. The first-order valence-corrected chi connectivity index (χ1v) is 5.63. The number of aryl methyl sites for hydroxylation is 1. The highest BCUT2D eigenvalue weighted by Gasteiger charge is 2.22. The van der Waals surface area contributed by atoms with Crippen molar-refractivity contribution in [2.75, 3.05) is 18.9 Å². The van der Waals surface area contributed by atoms with Crippen LogP contribution in [0.25, 0.3) is 0 Å². The summed E-state index contributed by atoms with van der Waals surface area (Å²) < 4.78 is 0. The number of likely N-dealkylation sites (tertiary alicyclic amines) is 1. The maximum absolute atomic E-state index is 11.3. The summed E-state index contributed by atoms with van der Waals surface area (Å²) >= 11 is 0. The molecule has 2 N–H and O–H groups in total. The standard InChI is InChI=1S/C11H16N4O2/c1-7-12-9(5-10(16)13-7)14-8-3-4-11(17)15(2)6-8/h5,8H,3-4,6H2,1-2H3,(H2,12,13,14,16). The van der Waals surface area contributed by atoms with E-state index in [4.69, 9.17) is 0 Å². The molecule has 2 rings (SSSR count). The molecule has 1 aromatic heterocycles. The second-order valence-electron chi connectivity index (χ2n) is 4.37. The molecule has 0 spiro atoms. The average Bonchev–Trinajstić information content (AvgIpc) is 2.22. The van der Waals surface area contributed by atoms with Gasteiger partial charge in [-0.05, 0) is 13.3 Å². The van der Waals surface area contributed by atoms with E-state index in [1.54, 1.807) is 18.9 Å². The Bertz CT molecular complexity index is 483. The third-order valence-corrected chi connectivity index (χ3v) is 2.84. The number of aromatic nitrogens is 2. The lowest BCUT2D eigenvalue weighted by atomic mass is 10.1. The number of aromatic amines is 1. The highest BCUT2D eigenvalue weighted by atomic mass is 16.2. The van der Waals surface area contributed by atoms with Crippen molar-refractivity contribution in [1.82, 2.24) is 14.9 Å². The summed E-state index contributed by atoms with van der Waals surface area (Å²) in [4.78, 5) is 31.1. The maximum Gasteiger partial charge on any atom is 0.252 e. The van der Waals surface area contributed by atoms with Crippen molar-refractivity contribution in [3.05, 3.63) is 22.2 Å². The van der Waals surface area contributed by atoms with Crippen LogP contribution in [0.5, 0.6) is 0 Å². The molecule has 1 saturated heterocycles. The molecule has 1 aliphatic heterocycles. The fraction of sp³-hybridized carbons (Fsp3) is 0.545.